The summed E-state index contributed by atoms with van der Waals surface area (Å²) in [4.78, 5) is 13.5. The van der Waals surface area contributed by atoms with Crippen molar-refractivity contribution < 1.29 is 9.53 Å². The number of nitrogens with zero attached hydrogens (tertiary/aromatic N) is 1. The quantitative estimate of drug-likeness (QED) is 0.820. The first-order chi connectivity index (χ1) is 9.16. The Labute approximate surface area is 114 Å². The zero-order chi connectivity index (χ0) is 13.7. The van der Waals surface area contributed by atoms with Crippen molar-refractivity contribution >= 4 is 11.5 Å². The number of anilines is 1. The number of benzene rings is 1. The lowest BCUT2D eigenvalue weighted by Crippen LogP contribution is -2.40. The molecular weight excluding hydrogens is 240 g/mol. The van der Waals surface area contributed by atoms with Crippen molar-refractivity contribution in [2.24, 2.45) is 0 Å². The number of ketones is 1. The van der Waals surface area contributed by atoms with Crippen molar-refractivity contribution in [2.75, 3.05) is 38.2 Å². The van der Waals surface area contributed by atoms with Crippen LogP contribution in [0.1, 0.15) is 23.7 Å². The van der Waals surface area contributed by atoms with Gasteiger partial charge in [-0.05, 0) is 25.5 Å². The number of carbonyl (C=O) groups excluding carboxylic acids is 1. The van der Waals surface area contributed by atoms with Crippen molar-refractivity contribution in [3.8, 4) is 0 Å². The van der Waals surface area contributed by atoms with E-state index in [9.17, 15) is 4.79 Å². The zero-order valence-corrected chi connectivity index (χ0v) is 11.7. The summed E-state index contributed by atoms with van der Waals surface area (Å²) in [5, 5.41) is 3.33. The third-order valence-electron chi connectivity index (χ3n) is 3.48. The lowest BCUT2D eigenvalue weighted by atomic mass is 10.1. The maximum atomic E-state index is 11.4. The fourth-order valence-corrected chi connectivity index (χ4v) is 2.23. The Morgan fingerprint density at radius 2 is 2.37 bits per heavy atom. The molecule has 1 saturated heterocycles. The molecule has 0 bridgehead atoms. The van der Waals surface area contributed by atoms with E-state index >= 15 is 0 Å². The Morgan fingerprint density at radius 1 is 1.53 bits per heavy atom. The molecule has 0 spiro atoms. The van der Waals surface area contributed by atoms with E-state index in [4.69, 9.17) is 4.74 Å². The second-order valence-electron chi connectivity index (χ2n) is 5.01. The normalized spacial score (nSPS) is 19.2. The van der Waals surface area contributed by atoms with Gasteiger partial charge >= 0.3 is 0 Å². The van der Waals surface area contributed by atoms with Gasteiger partial charge in [0.15, 0.2) is 5.78 Å². The molecule has 2 rings (SSSR count). The Balaban J connectivity index is 1.89. The van der Waals surface area contributed by atoms with E-state index in [0.29, 0.717) is 6.10 Å². The summed E-state index contributed by atoms with van der Waals surface area (Å²) in [6, 6.07) is 7.77. The maximum absolute atomic E-state index is 11.4. The van der Waals surface area contributed by atoms with E-state index in [1.54, 1.807) is 6.92 Å². The molecule has 0 saturated carbocycles. The minimum absolute atomic E-state index is 0.107. The number of nitrogens with one attached hydrogen (secondary N) is 1. The van der Waals surface area contributed by atoms with Crippen LogP contribution in [-0.2, 0) is 4.74 Å². The second-order valence-corrected chi connectivity index (χ2v) is 5.01. The maximum Gasteiger partial charge on any atom is 0.159 e. The van der Waals surface area contributed by atoms with Gasteiger partial charge in [0.2, 0.25) is 0 Å². The van der Waals surface area contributed by atoms with E-state index in [1.807, 2.05) is 24.3 Å². The summed E-state index contributed by atoms with van der Waals surface area (Å²) in [5.41, 5.74) is 1.84. The summed E-state index contributed by atoms with van der Waals surface area (Å²) in [5.74, 6) is 0.107. The topological polar surface area (TPSA) is 41.6 Å². The molecule has 4 heteroatoms. The summed E-state index contributed by atoms with van der Waals surface area (Å²) >= 11 is 0. The van der Waals surface area contributed by atoms with Crippen molar-refractivity contribution in [3.05, 3.63) is 29.8 Å². The van der Waals surface area contributed by atoms with Crippen molar-refractivity contribution in [1.29, 1.82) is 0 Å². The summed E-state index contributed by atoms with van der Waals surface area (Å²) in [7, 11) is 2.05. The lowest BCUT2D eigenvalue weighted by Gasteiger charge is -2.27. The molecule has 1 fully saturated rings. The van der Waals surface area contributed by atoms with Gasteiger partial charge in [-0.2, -0.15) is 0 Å². The zero-order valence-electron chi connectivity index (χ0n) is 11.7. The molecule has 0 aromatic heterocycles. The number of Topliss-reactive ketones (excluding diaryl/α,β-unsaturated/α-hetero) is 1. The van der Waals surface area contributed by atoms with Gasteiger partial charge in [-0.1, -0.05) is 12.1 Å². The molecule has 1 atom stereocenters. The number of ether oxygens (including phenoxy) is 1. The van der Waals surface area contributed by atoms with Crippen LogP contribution in [-0.4, -0.2) is 45.2 Å². The van der Waals surface area contributed by atoms with Gasteiger partial charge in [-0.15, -0.1) is 0 Å². The van der Waals surface area contributed by atoms with E-state index in [0.717, 1.165) is 43.9 Å². The molecule has 1 aliphatic rings. The number of carbonyl (C=O) groups is 1. The Kier molecular flexibility index (Phi) is 4.93. The van der Waals surface area contributed by atoms with Gasteiger partial charge in [0, 0.05) is 37.9 Å². The molecule has 0 amide bonds. The molecule has 19 heavy (non-hydrogen) atoms. The number of hydrogen-bond donors (Lipinski definition) is 1. The molecule has 1 N–H and O–H groups in total. The first kappa shape index (κ1) is 14.0. The van der Waals surface area contributed by atoms with Crippen molar-refractivity contribution in [1.82, 2.24) is 5.32 Å². The van der Waals surface area contributed by atoms with E-state index in [-0.39, 0.29) is 5.78 Å². The highest BCUT2D eigenvalue weighted by Crippen LogP contribution is 2.16. The molecule has 104 valence electrons. The average Bonchev–Trinajstić information content (AvgIpc) is 2.46. The Bertz CT molecular complexity index is 428. The van der Waals surface area contributed by atoms with Crippen LogP contribution in [0.4, 0.5) is 5.69 Å². The van der Waals surface area contributed by atoms with Crippen molar-refractivity contribution in [3.63, 3.8) is 0 Å². The predicted octanol–water partition coefficient (Wildman–Crippen LogP) is 1.70. The first-order valence-electron chi connectivity index (χ1n) is 6.81. The molecule has 1 aromatic rings. The molecule has 4 nitrogen and oxygen atoms in total. The van der Waals surface area contributed by atoms with Gasteiger partial charge in [0.1, 0.15) is 0 Å². The summed E-state index contributed by atoms with van der Waals surface area (Å²) in [6.07, 6.45) is 1.29. The molecule has 1 heterocycles. The van der Waals surface area contributed by atoms with Crippen LogP contribution in [0.2, 0.25) is 0 Å². The third-order valence-corrected chi connectivity index (χ3v) is 3.48. The summed E-state index contributed by atoms with van der Waals surface area (Å²) < 4.78 is 5.68. The fraction of sp³-hybridized carbons (Fsp3) is 0.533. The Morgan fingerprint density at radius 3 is 3.05 bits per heavy atom. The van der Waals surface area contributed by atoms with Crippen LogP contribution in [0.25, 0.3) is 0 Å². The lowest BCUT2D eigenvalue weighted by molar-refractivity contribution is 0.0250. The molecule has 0 radical (unpaired) electrons. The molecule has 0 aliphatic carbocycles. The number of rotatable bonds is 5. The van der Waals surface area contributed by atoms with Crippen LogP contribution < -0.4 is 10.2 Å². The molecule has 1 aliphatic heterocycles. The van der Waals surface area contributed by atoms with Crippen LogP contribution in [0.3, 0.4) is 0 Å². The van der Waals surface area contributed by atoms with Gasteiger partial charge in [-0.25, -0.2) is 0 Å². The van der Waals surface area contributed by atoms with Gasteiger partial charge in [-0.3, -0.25) is 4.79 Å². The monoisotopic (exact) mass is 262 g/mol. The standard InChI is InChI=1S/C15H22N2O2/c1-12(18)13-4-3-5-14(10-13)17(2)8-6-15-11-16-7-9-19-15/h3-5,10,15-16H,6-9,11H2,1-2H3. The highest BCUT2D eigenvalue weighted by Gasteiger charge is 2.14. The first-order valence-corrected chi connectivity index (χ1v) is 6.81. The van der Waals surface area contributed by atoms with Crippen molar-refractivity contribution in [2.45, 2.75) is 19.4 Å². The van der Waals surface area contributed by atoms with E-state index in [2.05, 4.69) is 17.3 Å². The third kappa shape index (κ3) is 4.04. The average molecular weight is 262 g/mol. The SMILES string of the molecule is CC(=O)c1cccc(N(C)CCC2CNCCO2)c1. The van der Waals surface area contributed by atoms with Crippen LogP contribution >= 0.6 is 0 Å². The second kappa shape index (κ2) is 6.68. The minimum Gasteiger partial charge on any atom is -0.376 e. The van der Waals surface area contributed by atoms with E-state index in [1.165, 1.54) is 0 Å². The number of hydrogen-bond acceptors (Lipinski definition) is 4. The summed E-state index contributed by atoms with van der Waals surface area (Å²) in [6.45, 7) is 5.21. The van der Waals surface area contributed by atoms with Crippen LogP contribution in [0.15, 0.2) is 24.3 Å². The molecule has 1 unspecified atom stereocenters. The van der Waals surface area contributed by atoms with Crippen LogP contribution in [0.5, 0.6) is 0 Å². The largest absolute Gasteiger partial charge is 0.376 e. The number of morpholine rings is 1. The highest BCUT2D eigenvalue weighted by atomic mass is 16.5. The Hall–Kier alpha value is -1.39. The fourth-order valence-electron chi connectivity index (χ4n) is 2.23. The van der Waals surface area contributed by atoms with Gasteiger partial charge in [0.25, 0.3) is 0 Å². The highest BCUT2D eigenvalue weighted by molar-refractivity contribution is 5.94. The predicted molar refractivity (Wildman–Crippen MR) is 76.9 cm³/mol. The van der Waals surface area contributed by atoms with Gasteiger partial charge < -0.3 is 15.0 Å². The van der Waals surface area contributed by atoms with E-state index < -0.39 is 0 Å². The smallest absolute Gasteiger partial charge is 0.159 e. The van der Waals surface area contributed by atoms with Crippen LogP contribution in [0, 0.1) is 0 Å². The van der Waals surface area contributed by atoms with Gasteiger partial charge in [0.05, 0.1) is 12.7 Å². The molecule has 1 aromatic carbocycles. The minimum atomic E-state index is 0.107. The molecular formula is C15H22N2O2.